The fourth-order valence-electron chi connectivity index (χ4n) is 2.64. The van der Waals surface area contributed by atoms with Crippen molar-refractivity contribution in [3.8, 4) is 11.4 Å². The molecule has 0 saturated carbocycles. The second-order valence-electron chi connectivity index (χ2n) is 6.14. The van der Waals surface area contributed by atoms with Gasteiger partial charge in [-0.2, -0.15) is 0 Å². The molecule has 3 aromatic rings. The van der Waals surface area contributed by atoms with Gasteiger partial charge in [-0.15, -0.1) is 5.10 Å². The molecule has 1 aromatic heterocycles. The molecular weight excluding hydrogens is 350 g/mol. The topological polar surface area (TPSA) is 85.1 Å². The molecule has 6 nitrogen and oxygen atoms in total. The van der Waals surface area contributed by atoms with Crippen LogP contribution in [0.3, 0.4) is 0 Å². The molecule has 1 N–H and O–H groups in total. The van der Waals surface area contributed by atoms with E-state index in [2.05, 4.69) is 17.2 Å². The molecule has 0 radical (unpaired) electrons. The van der Waals surface area contributed by atoms with Gasteiger partial charge in [-0.3, -0.25) is 0 Å². The smallest absolute Gasteiger partial charge is 0.182 e. The first kappa shape index (κ1) is 18.1. The number of aromatic nitrogens is 3. The molecule has 2 aromatic carbocycles. The Bertz CT molecular complexity index is 997. The van der Waals surface area contributed by atoms with Gasteiger partial charge >= 0.3 is 0 Å². The summed E-state index contributed by atoms with van der Waals surface area (Å²) >= 11 is 0. The van der Waals surface area contributed by atoms with Gasteiger partial charge in [-0.05, 0) is 37.1 Å². The van der Waals surface area contributed by atoms with E-state index in [0.717, 1.165) is 25.0 Å². The quantitative estimate of drug-likeness (QED) is 0.689. The van der Waals surface area contributed by atoms with Crippen molar-refractivity contribution < 1.29 is 13.5 Å². The number of aryl methyl sites for hydroxylation is 1. The molecule has 7 heteroatoms. The monoisotopic (exact) mass is 371 g/mol. The van der Waals surface area contributed by atoms with Gasteiger partial charge in [0.05, 0.1) is 28.2 Å². The van der Waals surface area contributed by atoms with Crippen LogP contribution in [0.15, 0.2) is 59.6 Å². The fraction of sp³-hybridized carbons (Fsp3) is 0.263. The fourth-order valence-corrected chi connectivity index (χ4v) is 4.04. The Hall–Kier alpha value is -2.67. The van der Waals surface area contributed by atoms with E-state index in [1.807, 2.05) is 6.20 Å². The number of benzene rings is 2. The van der Waals surface area contributed by atoms with E-state index in [1.54, 1.807) is 47.1 Å². The van der Waals surface area contributed by atoms with Gasteiger partial charge in [-0.1, -0.05) is 42.8 Å². The number of phenols is 1. The highest BCUT2D eigenvalue weighted by atomic mass is 32.2. The summed E-state index contributed by atoms with van der Waals surface area (Å²) in [5.41, 5.74) is 1.90. The summed E-state index contributed by atoms with van der Waals surface area (Å²) in [6.07, 6.45) is 4.78. The number of nitrogens with zero attached hydrogens (tertiary/aromatic N) is 3. The molecule has 0 atom stereocenters. The van der Waals surface area contributed by atoms with Crippen LogP contribution in [0.4, 0.5) is 0 Å². The number of phenolic OH excluding ortho intramolecular Hbond substituents is 1. The van der Waals surface area contributed by atoms with Crippen molar-refractivity contribution in [1.82, 2.24) is 15.0 Å². The van der Waals surface area contributed by atoms with Crippen LogP contribution in [0.25, 0.3) is 5.69 Å². The highest BCUT2D eigenvalue weighted by molar-refractivity contribution is 7.90. The highest BCUT2D eigenvalue weighted by Crippen LogP contribution is 2.24. The van der Waals surface area contributed by atoms with Crippen LogP contribution in [0.5, 0.6) is 5.75 Å². The summed E-state index contributed by atoms with van der Waals surface area (Å²) in [5, 5.41) is 18.1. The van der Waals surface area contributed by atoms with Gasteiger partial charge in [0.15, 0.2) is 9.84 Å². The molecule has 0 aliphatic rings. The first-order valence-corrected chi connectivity index (χ1v) is 10.2. The van der Waals surface area contributed by atoms with Crippen molar-refractivity contribution in [3.05, 3.63) is 66.0 Å². The van der Waals surface area contributed by atoms with Crippen molar-refractivity contribution >= 4 is 9.84 Å². The van der Waals surface area contributed by atoms with Gasteiger partial charge in [0, 0.05) is 5.56 Å². The Morgan fingerprint density at radius 2 is 1.92 bits per heavy atom. The Kier molecular flexibility index (Phi) is 5.37. The molecule has 0 amide bonds. The number of aromatic hydroxyl groups is 1. The Morgan fingerprint density at radius 1 is 1.12 bits per heavy atom. The van der Waals surface area contributed by atoms with Crippen LogP contribution in [0.2, 0.25) is 0 Å². The molecule has 0 aliphatic carbocycles. The Morgan fingerprint density at radius 3 is 2.69 bits per heavy atom. The zero-order valence-corrected chi connectivity index (χ0v) is 15.4. The summed E-state index contributed by atoms with van der Waals surface area (Å²) in [5.74, 6) is -0.286. The first-order valence-electron chi connectivity index (χ1n) is 8.51. The molecule has 1 heterocycles. The lowest BCUT2D eigenvalue weighted by Gasteiger charge is -2.08. The number of unbranched alkanes of at least 4 members (excludes halogenated alkanes) is 1. The predicted molar refractivity (Wildman–Crippen MR) is 99.0 cm³/mol. The second kappa shape index (κ2) is 7.70. The van der Waals surface area contributed by atoms with E-state index >= 15 is 0 Å². The minimum Gasteiger partial charge on any atom is -0.508 e. The minimum absolute atomic E-state index is 0.0240. The molecule has 0 unspecified atom stereocenters. The van der Waals surface area contributed by atoms with Crippen molar-refractivity contribution in [2.24, 2.45) is 0 Å². The average molecular weight is 371 g/mol. The van der Waals surface area contributed by atoms with Gasteiger partial charge < -0.3 is 5.11 Å². The van der Waals surface area contributed by atoms with Crippen LogP contribution in [0, 0.1) is 0 Å². The first-order chi connectivity index (χ1) is 12.5. The maximum Gasteiger partial charge on any atom is 0.182 e. The zero-order valence-electron chi connectivity index (χ0n) is 14.5. The molecule has 0 aliphatic heterocycles. The van der Waals surface area contributed by atoms with Gasteiger partial charge in [0.2, 0.25) is 0 Å². The molecule has 136 valence electrons. The average Bonchev–Trinajstić information content (AvgIpc) is 3.11. The second-order valence-corrected chi connectivity index (χ2v) is 8.13. The lowest BCUT2D eigenvalue weighted by molar-refractivity contribution is 0.469. The third kappa shape index (κ3) is 4.11. The number of sulfone groups is 1. The molecule has 26 heavy (non-hydrogen) atoms. The SMILES string of the molecule is CCCCc1cn(-c2cccc(S(=O)(=O)Cc3ccccc3O)c2)nn1. The van der Waals surface area contributed by atoms with E-state index in [9.17, 15) is 13.5 Å². The van der Waals surface area contributed by atoms with E-state index in [4.69, 9.17) is 0 Å². The number of para-hydroxylation sites is 1. The van der Waals surface area contributed by atoms with Crippen LogP contribution in [-0.2, 0) is 22.0 Å². The third-order valence-electron chi connectivity index (χ3n) is 4.11. The standard InChI is InChI=1S/C19H21N3O3S/c1-2-3-8-16-13-22(21-20-16)17-9-6-10-18(12-17)26(24,25)14-15-7-4-5-11-19(15)23/h4-7,9-13,23H,2-3,8,14H2,1H3. The molecule has 0 fully saturated rings. The van der Waals surface area contributed by atoms with Crippen LogP contribution in [0.1, 0.15) is 31.0 Å². The Labute approximate surface area is 153 Å². The van der Waals surface area contributed by atoms with Crippen molar-refractivity contribution in [3.63, 3.8) is 0 Å². The number of hydrogen-bond acceptors (Lipinski definition) is 5. The summed E-state index contributed by atoms with van der Waals surface area (Å²) in [6, 6.07) is 13.0. The van der Waals surface area contributed by atoms with Gasteiger partial charge in [0.25, 0.3) is 0 Å². The molecule has 0 bridgehead atoms. The predicted octanol–water partition coefficient (Wildman–Crippen LogP) is 3.29. The molecule has 3 rings (SSSR count). The normalized spacial score (nSPS) is 11.6. The zero-order chi connectivity index (χ0) is 18.6. The van der Waals surface area contributed by atoms with E-state index < -0.39 is 9.84 Å². The summed E-state index contributed by atoms with van der Waals surface area (Å²) in [6.45, 7) is 2.11. The van der Waals surface area contributed by atoms with Crippen LogP contribution in [-0.4, -0.2) is 28.5 Å². The largest absolute Gasteiger partial charge is 0.508 e. The van der Waals surface area contributed by atoms with Crippen LogP contribution >= 0.6 is 0 Å². The van der Waals surface area contributed by atoms with Gasteiger partial charge in [-0.25, -0.2) is 13.1 Å². The van der Waals surface area contributed by atoms with E-state index in [1.165, 1.54) is 6.07 Å². The summed E-state index contributed by atoms with van der Waals surface area (Å²) < 4.78 is 27.0. The van der Waals surface area contributed by atoms with Gasteiger partial charge in [0.1, 0.15) is 5.75 Å². The summed E-state index contributed by atoms with van der Waals surface area (Å²) in [7, 11) is -3.60. The van der Waals surface area contributed by atoms with E-state index in [-0.39, 0.29) is 16.4 Å². The van der Waals surface area contributed by atoms with Crippen molar-refractivity contribution in [2.45, 2.75) is 36.8 Å². The number of rotatable bonds is 7. The van der Waals surface area contributed by atoms with Crippen molar-refractivity contribution in [2.75, 3.05) is 0 Å². The summed E-state index contributed by atoms with van der Waals surface area (Å²) in [4.78, 5) is 0.184. The lowest BCUT2D eigenvalue weighted by atomic mass is 10.2. The molecule has 0 spiro atoms. The lowest BCUT2D eigenvalue weighted by Crippen LogP contribution is -2.06. The maximum atomic E-state index is 12.7. The van der Waals surface area contributed by atoms with Crippen molar-refractivity contribution in [1.29, 1.82) is 0 Å². The molecular formula is C19H21N3O3S. The Balaban J connectivity index is 1.86. The highest BCUT2D eigenvalue weighted by Gasteiger charge is 2.18. The van der Waals surface area contributed by atoms with Crippen LogP contribution < -0.4 is 0 Å². The van der Waals surface area contributed by atoms with E-state index in [0.29, 0.717) is 11.3 Å². The number of hydrogen-bond donors (Lipinski definition) is 1. The molecule has 0 saturated heterocycles. The maximum absolute atomic E-state index is 12.7. The third-order valence-corrected chi connectivity index (χ3v) is 5.77. The minimum atomic E-state index is -3.60.